The van der Waals surface area contributed by atoms with E-state index < -0.39 is 12.0 Å². The van der Waals surface area contributed by atoms with Crippen LogP contribution in [0.3, 0.4) is 0 Å². The van der Waals surface area contributed by atoms with Crippen molar-refractivity contribution in [3.63, 3.8) is 0 Å². The maximum absolute atomic E-state index is 14.0. The van der Waals surface area contributed by atoms with E-state index in [1.807, 2.05) is 24.3 Å². The average Bonchev–Trinajstić information content (AvgIpc) is 3.16. The summed E-state index contributed by atoms with van der Waals surface area (Å²) >= 11 is 11.9. The van der Waals surface area contributed by atoms with Gasteiger partial charge < -0.3 is 14.2 Å². The zero-order valence-electron chi connectivity index (χ0n) is 21.6. The van der Waals surface area contributed by atoms with Gasteiger partial charge in [-0.15, -0.1) is 0 Å². The van der Waals surface area contributed by atoms with Crippen LogP contribution >= 0.6 is 59.1 Å². The summed E-state index contributed by atoms with van der Waals surface area (Å²) in [5, 5.41) is 0. The number of carbonyl (C=O) groups excluding carboxylic acids is 1. The fraction of sp³-hybridized carbons (Fsp3) is 0.250. The molecule has 0 aliphatic carbocycles. The van der Waals surface area contributed by atoms with Crippen LogP contribution in [0.15, 0.2) is 77.5 Å². The number of esters is 1. The second kappa shape index (κ2) is 12.4. The van der Waals surface area contributed by atoms with Crippen molar-refractivity contribution < 1.29 is 19.0 Å². The van der Waals surface area contributed by atoms with E-state index in [1.54, 1.807) is 46.1 Å². The van der Waals surface area contributed by atoms with E-state index in [-0.39, 0.29) is 17.2 Å². The van der Waals surface area contributed by atoms with Gasteiger partial charge in [0.25, 0.3) is 5.56 Å². The van der Waals surface area contributed by atoms with Crippen molar-refractivity contribution in [2.45, 2.75) is 32.9 Å². The Morgan fingerprint density at radius 3 is 2.51 bits per heavy atom. The summed E-state index contributed by atoms with van der Waals surface area (Å²) in [6.07, 6.45) is 3.11. The summed E-state index contributed by atoms with van der Waals surface area (Å²) in [5.74, 6) is 0.639. The van der Waals surface area contributed by atoms with Crippen LogP contribution in [0, 0.1) is 0 Å². The molecule has 4 rings (SSSR count). The van der Waals surface area contributed by atoms with Crippen molar-refractivity contribution in [2.24, 2.45) is 4.99 Å². The first-order valence-electron chi connectivity index (χ1n) is 11.8. The molecule has 39 heavy (non-hydrogen) atoms. The highest BCUT2D eigenvalue weighted by molar-refractivity contribution is 9.11. The van der Waals surface area contributed by atoms with Gasteiger partial charge in [0.1, 0.15) is 24.1 Å². The van der Waals surface area contributed by atoms with Crippen molar-refractivity contribution >= 4 is 71.2 Å². The molecule has 2 aromatic carbocycles. The number of fused-ring (bicyclic) bond motifs is 1. The lowest BCUT2D eigenvalue weighted by Crippen LogP contribution is -2.40. The maximum atomic E-state index is 14.0. The molecule has 0 bridgehead atoms. The Morgan fingerprint density at radius 1 is 1.21 bits per heavy atom. The number of allylic oxidation sites excluding steroid dienone is 1. The van der Waals surface area contributed by atoms with Gasteiger partial charge in [0, 0.05) is 10.0 Å². The van der Waals surface area contributed by atoms with Crippen LogP contribution in [0.1, 0.15) is 37.9 Å². The zero-order chi connectivity index (χ0) is 28.4. The summed E-state index contributed by atoms with van der Waals surface area (Å²) in [7, 11) is 1.55. The Hall–Kier alpha value is -2.47. The van der Waals surface area contributed by atoms with Crippen LogP contribution in [-0.4, -0.2) is 30.4 Å². The van der Waals surface area contributed by atoms with Crippen molar-refractivity contribution in [1.82, 2.24) is 4.57 Å². The summed E-state index contributed by atoms with van der Waals surface area (Å²) in [6, 6.07) is 8.42. The van der Waals surface area contributed by atoms with Crippen LogP contribution in [0.2, 0.25) is 0 Å². The van der Waals surface area contributed by atoms with Crippen LogP contribution in [-0.2, 0) is 9.53 Å². The van der Waals surface area contributed by atoms with Crippen LogP contribution in [0.25, 0.3) is 6.08 Å². The number of thiazole rings is 1. The number of aromatic nitrogens is 1. The monoisotopic (exact) mass is 738 g/mol. The molecule has 0 fully saturated rings. The lowest BCUT2D eigenvalue weighted by Gasteiger charge is -2.26. The number of hydrogen-bond acceptors (Lipinski definition) is 7. The quantitative estimate of drug-likeness (QED) is 0.208. The van der Waals surface area contributed by atoms with Crippen molar-refractivity contribution in [2.75, 3.05) is 13.7 Å². The van der Waals surface area contributed by atoms with Gasteiger partial charge in [0.05, 0.1) is 38.0 Å². The predicted molar refractivity (Wildman–Crippen MR) is 163 cm³/mol. The second-order valence-electron chi connectivity index (χ2n) is 8.84. The number of halogens is 3. The number of rotatable bonds is 8. The van der Waals surface area contributed by atoms with Crippen LogP contribution < -0.4 is 24.4 Å². The van der Waals surface area contributed by atoms with E-state index in [1.165, 1.54) is 15.9 Å². The van der Waals surface area contributed by atoms with Crippen LogP contribution in [0.4, 0.5) is 0 Å². The van der Waals surface area contributed by atoms with E-state index in [4.69, 9.17) is 14.2 Å². The SMILES string of the molecule is C=CCOc1c(Br)cc(/C=c2\sc3n(c2=O)[C@@H](c2cc(Br)ccc2OC)C(C(=O)OC(C)C)=C(C)N=3)cc1Br. The molecule has 1 aliphatic heterocycles. The van der Waals surface area contributed by atoms with Crippen LogP contribution in [0.5, 0.6) is 11.5 Å². The van der Waals surface area contributed by atoms with E-state index in [0.29, 0.717) is 38.7 Å². The number of ether oxygens (including phenoxy) is 3. The maximum Gasteiger partial charge on any atom is 0.338 e. The number of benzene rings is 2. The summed E-state index contributed by atoms with van der Waals surface area (Å²) in [4.78, 5) is 32.4. The van der Waals surface area contributed by atoms with Gasteiger partial charge in [-0.3, -0.25) is 9.36 Å². The fourth-order valence-corrected chi connectivity index (χ4v) is 7.04. The zero-order valence-corrected chi connectivity index (χ0v) is 27.2. The third-order valence-electron chi connectivity index (χ3n) is 5.73. The van der Waals surface area contributed by atoms with E-state index in [2.05, 4.69) is 59.4 Å². The molecule has 0 N–H and O–H groups in total. The molecule has 1 atom stereocenters. The van der Waals surface area contributed by atoms with Crippen molar-refractivity contribution in [3.8, 4) is 11.5 Å². The van der Waals surface area contributed by atoms with Crippen molar-refractivity contribution in [3.05, 3.63) is 98.5 Å². The Bertz CT molecular complexity index is 1650. The molecule has 0 amide bonds. The minimum Gasteiger partial charge on any atom is -0.496 e. The smallest absolute Gasteiger partial charge is 0.338 e. The summed E-state index contributed by atoms with van der Waals surface area (Å²) in [6.45, 7) is 9.35. The topological polar surface area (TPSA) is 79.1 Å². The molecule has 204 valence electrons. The van der Waals surface area contributed by atoms with Gasteiger partial charge in [-0.25, -0.2) is 9.79 Å². The molecule has 11 heteroatoms. The largest absolute Gasteiger partial charge is 0.496 e. The Labute approximate surface area is 254 Å². The molecule has 1 aromatic heterocycles. The summed E-state index contributed by atoms with van der Waals surface area (Å²) < 4.78 is 21.2. The molecule has 1 aliphatic rings. The van der Waals surface area contributed by atoms with Gasteiger partial charge >= 0.3 is 5.97 Å². The fourth-order valence-electron chi connectivity index (χ4n) is 4.17. The molecule has 0 saturated carbocycles. The minimum absolute atomic E-state index is 0.285. The Balaban J connectivity index is 1.94. The summed E-state index contributed by atoms with van der Waals surface area (Å²) in [5.41, 5.74) is 1.89. The molecular weight excluding hydrogens is 716 g/mol. The van der Waals surface area contributed by atoms with Gasteiger partial charge in [-0.2, -0.15) is 0 Å². The van der Waals surface area contributed by atoms with Crippen molar-refractivity contribution in [1.29, 1.82) is 0 Å². The lowest BCUT2D eigenvalue weighted by molar-refractivity contribution is -0.143. The molecule has 2 heterocycles. The molecule has 0 radical (unpaired) electrons. The van der Waals surface area contributed by atoms with Gasteiger partial charge in [0.15, 0.2) is 4.80 Å². The standard InChI is InChI=1S/C28H25Br3N2O5S/c1-6-9-37-25-19(30)10-16(11-20(25)31)12-22-26(34)33-24(18-13-17(29)7-8-21(18)36-5)23(27(35)38-14(2)3)15(4)32-28(33)39-22/h6-8,10-14,24H,1,9H2,2-5H3/b22-12-/t24-/m0/s1. The first-order valence-corrected chi connectivity index (χ1v) is 15.0. The predicted octanol–water partition coefficient (Wildman–Crippen LogP) is 6.05. The first kappa shape index (κ1) is 29.5. The van der Waals surface area contributed by atoms with E-state index >= 15 is 0 Å². The molecule has 0 spiro atoms. The Kier molecular flexibility index (Phi) is 9.36. The second-order valence-corrected chi connectivity index (χ2v) is 12.5. The van der Waals surface area contributed by atoms with Gasteiger partial charge in [0.2, 0.25) is 0 Å². The molecule has 7 nitrogen and oxygen atoms in total. The number of methoxy groups -OCH3 is 1. The van der Waals surface area contributed by atoms with Gasteiger partial charge in [-0.1, -0.05) is 39.9 Å². The van der Waals surface area contributed by atoms with Gasteiger partial charge in [-0.05, 0) is 94.6 Å². The molecule has 0 saturated heterocycles. The Morgan fingerprint density at radius 2 is 1.90 bits per heavy atom. The lowest BCUT2D eigenvalue weighted by atomic mass is 9.95. The molecular formula is C28H25Br3N2O5S. The van der Waals surface area contributed by atoms with E-state index in [0.717, 1.165) is 19.0 Å². The number of hydrogen-bond donors (Lipinski definition) is 0. The highest BCUT2D eigenvalue weighted by Gasteiger charge is 2.35. The average molecular weight is 741 g/mol. The number of carbonyl (C=O) groups is 1. The van der Waals surface area contributed by atoms with E-state index in [9.17, 15) is 9.59 Å². The third kappa shape index (κ3) is 6.16. The molecule has 3 aromatic rings. The first-order chi connectivity index (χ1) is 18.5. The highest BCUT2D eigenvalue weighted by atomic mass is 79.9. The minimum atomic E-state index is -0.796. The third-order valence-corrected chi connectivity index (χ3v) is 8.39. The molecule has 0 unspecified atom stereocenters. The normalized spacial score (nSPS) is 15.2. The highest BCUT2D eigenvalue weighted by Crippen LogP contribution is 2.38. The number of nitrogens with zero attached hydrogens (tertiary/aromatic N) is 2.